The number of aromatic nitrogens is 5. The number of ether oxygens (including phenoxy) is 1. The molecule has 12 heteroatoms. The van der Waals surface area contributed by atoms with E-state index in [-0.39, 0.29) is 40.8 Å². The number of hydrogen-bond donors (Lipinski definition) is 1. The van der Waals surface area contributed by atoms with E-state index in [2.05, 4.69) is 19.9 Å². The molecule has 0 fully saturated rings. The molecule has 0 unspecified atom stereocenters. The van der Waals surface area contributed by atoms with Crippen LogP contribution in [0.5, 0.6) is 5.75 Å². The van der Waals surface area contributed by atoms with Gasteiger partial charge in [0.1, 0.15) is 40.4 Å². The summed E-state index contributed by atoms with van der Waals surface area (Å²) >= 11 is 6.25. The number of nitrogens with zero attached hydrogens (tertiary/aromatic N) is 5. The van der Waals surface area contributed by atoms with Gasteiger partial charge in [-0.1, -0.05) is 25.4 Å². The van der Waals surface area contributed by atoms with Crippen molar-refractivity contribution in [1.82, 2.24) is 24.5 Å². The average molecular weight is 548 g/mol. The Morgan fingerprint density at radius 1 is 1.16 bits per heavy atom. The Morgan fingerprint density at radius 2 is 1.89 bits per heavy atom. The zero-order valence-electron chi connectivity index (χ0n) is 22.7. The van der Waals surface area contributed by atoms with E-state index in [1.54, 1.807) is 13.8 Å². The van der Waals surface area contributed by atoms with Gasteiger partial charge in [-0.3, -0.25) is 19.3 Å². The second-order valence-electron chi connectivity index (χ2n) is 9.05. The van der Waals surface area contributed by atoms with Crippen LogP contribution in [-0.2, 0) is 12.0 Å². The van der Waals surface area contributed by atoms with Crippen molar-refractivity contribution in [3.63, 3.8) is 0 Å². The quantitative estimate of drug-likeness (QED) is 0.360. The van der Waals surface area contributed by atoms with E-state index in [0.717, 1.165) is 4.57 Å². The molecule has 8 nitrogen and oxygen atoms in total. The first-order valence-electron chi connectivity index (χ1n) is 12.2. The van der Waals surface area contributed by atoms with Gasteiger partial charge in [0.15, 0.2) is 11.6 Å². The summed E-state index contributed by atoms with van der Waals surface area (Å²) < 4.78 is 65.8. The van der Waals surface area contributed by atoms with Crippen LogP contribution in [0.15, 0.2) is 41.6 Å². The zero-order chi connectivity index (χ0) is 29.6. The van der Waals surface area contributed by atoms with Crippen molar-refractivity contribution in [2.24, 2.45) is 0 Å². The van der Waals surface area contributed by atoms with E-state index < -0.39 is 51.5 Å². The van der Waals surface area contributed by atoms with Crippen molar-refractivity contribution in [2.75, 3.05) is 6.61 Å². The molecule has 4 aromatic rings. The fourth-order valence-electron chi connectivity index (χ4n) is 3.53. The second-order valence-corrected chi connectivity index (χ2v) is 9.43. The normalized spacial score (nSPS) is 12.8. The molecule has 0 atom stereocenters. The Bertz CT molecular complexity index is 1680. The highest BCUT2D eigenvalue weighted by Gasteiger charge is 2.26. The maximum atomic E-state index is 16.0. The highest BCUT2D eigenvalue weighted by molar-refractivity contribution is 6.31. The minimum absolute atomic E-state index is 0.0941. The van der Waals surface area contributed by atoms with E-state index >= 15 is 4.39 Å². The molecule has 1 N–H and O–H groups in total. The van der Waals surface area contributed by atoms with Gasteiger partial charge in [0, 0.05) is 35.6 Å². The van der Waals surface area contributed by atoms with Crippen LogP contribution in [0.4, 0.5) is 13.2 Å². The average Bonchev–Trinajstić information content (AvgIpc) is 2.88. The number of aliphatic hydroxyl groups is 1. The molecule has 0 aliphatic heterocycles. The maximum Gasteiger partial charge on any atom is 0.278 e. The van der Waals surface area contributed by atoms with Crippen molar-refractivity contribution in [3.05, 3.63) is 92.4 Å². The van der Waals surface area contributed by atoms with E-state index in [0.29, 0.717) is 12.3 Å². The molecular weight excluding hydrogens is 523 g/mol. The molecule has 0 saturated heterocycles. The van der Waals surface area contributed by atoms with Crippen LogP contribution in [0.1, 0.15) is 39.4 Å². The molecule has 4 aromatic heterocycles. The molecule has 198 valence electrons. The first-order chi connectivity index (χ1) is 18.7. The van der Waals surface area contributed by atoms with Crippen LogP contribution in [-0.4, -0.2) is 36.2 Å². The van der Waals surface area contributed by atoms with Gasteiger partial charge in [0.2, 0.25) is 0 Å². The lowest BCUT2D eigenvalue weighted by Crippen LogP contribution is -2.25. The minimum Gasteiger partial charge on any atom is -0.485 e. The number of aliphatic hydroxyl groups excluding tert-OH is 1. The molecule has 0 aromatic carbocycles. The monoisotopic (exact) mass is 547 g/mol. The molecule has 38 heavy (non-hydrogen) atoms. The van der Waals surface area contributed by atoms with Crippen LogP contribution in [0, 0.1) is 31.3 Å². The van der Waals surface area contributed by atoms with Gasteiger partial charge in [-0.05, 0) is 25.5 Å². The first kappa shape index (κ1) is 24.5. The second kappa shape index (κ2) is 10.5. The van der Waals surface area contributed by atoms with Crippen molar-refractivity contribution in [3.8, 4) is 22.8 Å². The predicted molar refractivity (Wildman–Crippen MR) is 134 cm³/mol. The highest BCUT2D eigenvalue weighted by atomic mass is 35.5. The Labute approximate surface area is 223 Å². The van der Waals surface area contributed by atoms with Crippen molar-refractivity contribution < 1.29 is 25.8 Å². The molecular formula is C26H23ClF3N5O3. The van der Waals surface area contributed by atoms with E-state index in [1.807, 2.05) is 0 Å². The lowest BCUT2D eigenvalue weighted by molar-refractivity contribution is 0.212. The summed E-state index contributed by atoms with van der Waals surface area (Å²) in [4.78, 5) is 29.5. The molecule has 0 bridgehead atoms. The van der Waals surface area contributed by atoms with Gasteiger partial charge < -0.3 is 9.84 Å². The van der Waals surface area contributed by atoms with Gasteiger partial charge in [-0.15, -0.1) is 0 Å². The van der Waals surface area contributed by atoms with Gasteiger partial charge in [-0.25, -0.2) is 23.1 Å². The summed E-state index contributed by atoms with van der Waals surface area (Å²) in [5.41, 5.74) is -2.51. The number of halogens is 4. The molecule has 0 spiro atoms. The SMILES string of the molecule is [2H]C([2H])(Oc1cc(C)n(-c2c(C)cnc(-c3ccnc(C(C)(C)CO)n3)c2F)c(=O)c1Cl)c1ncc(F)cc1F. The Morgan fingerprint density at radius 3 is 2.58 bits per heavy atom. The van der Waals surface area contributed by atoms with E-state index in [9.17, 15) is 18.7 Å². The summed E-state index contributed by atoms with van der Waals surface area (Å²) in [7, 11) is 0. The topological polar surface area (TPSA) is 103 Å². The molecule has 4 rings (SSSR count). The smallest absolute Gasteiger partial charge is 0.278 e. The summed E-state index contributed by atoms with van der Waals surface area (Å²) in [6, 6.07) is 3.05. The molecule has 0 radical (unpaired) electrons. The van der Waals surface area contributed by atoms with Crippen LogP contribution in [0.3, 0.4) is 0 Å². The summed E-state index contributed by atoms with van der Waals surface area (Å²) in [5.74, 6) is -3.42. The number of rotatable bonds is 7. The molecule has 0 amide bonds. The molecule has 0 aliphatic carbocycles. The summed E-state index contributed by atoms with van der Waals surface area (Å²) in [6.45, 7) is 3.20. The Balaban J connectivity index is 1.82. The molecule has 0 saturated carbocycles. The standard InChI is InChI=1S/C26H23ClF3N5O3/c1-13-9-33-22(17-5-6-31-25(34-17)26(3,4)12-36)21(30)23(13)35-14(2)7-19(20(27)24(35)37)38-11-18-16(29)8-15(28)10-32-18/h5-10,36H,11-12H2,1-4H3/i11D2. The van der Waals surface area contributed by atoms with Crippen molar-refractivity contribution in [2.45, 2.75) is 39.7 Å². The van der Waals surface area contributed by atoms with Gasteiger partial charge in [0.05, 0.1) is 26.9 Å². The summed E-state index contributed by atoms with van der Waals surface area (Å²) in [6.07, 6.45) is 3.36. The Hall–Kier alpha value is -3.83. The van der Waals surface area contributed by atoms with Gasteiger partial charge in [0.25, 0.3) is 5.56 Å². The third-order valence-electron chi connectivity index (χ3n) is 5.66. The largest absolute Gasteiger partial charge is 0.485 e. The fraction of sp³-hybridized carbons (Fsp3) is 0.269. The van der Waals surface area contributed by atoms with Gasteiger partial charge in [-0.2, -0.15) is 0 Å². The van der Waals surface area contributed by atoms with E-state index in [4.69, 9.17) is 19.1 Å². The lowest BCUT2D eigenvalue weighted by atomic mass is 9.93. The van der Waals surface area contributed by atoms with Crippen molar-refractivity contribution in [1.29, 1.82) is 0 Å². The van der Waals surface area contributed by atoms with Crippen LogP contribution in [0.25, 0.3) is 17.1 Å². The third-order valence-corrected chi connectivity index (χ3v) is 6.01. The number of aryl methyl sites for hydroxylation is 2. The molecule has 4 heterocycles. The zero-order valence-corrected chi connectivity index (χ0v) is 21.4. The van der Waals surface area contributed by atoms with E-state index in [1.165, 1.54) is 38.4 Å². The van der Waals surface area contributed by atoms with Crippen LogP contribution in [0.2, 0.25) is 5.02 Å². The Kier molecular flexibility index (Phi) is 6.77. The molecule has 0 aliphatic rings. The number of hydrogen-bond acceptors (Lipinski definition) is 7. The lowest BCUT2D eigenvalue weighted by Gasteiger charge is -2.20. The number of pyridine rings is 3. The van der Waals surface area contributed by atoms with Crippen LogP contribution >= 0.6 is 11.6 Å². The first-order valence-corrected chi connectivity index (χ1v) is 11.6. The fourth-order valence-corrected chi connectivity index (χ4v) is 3.71. The maximum absolute atomic E-state index is 16.0. The summed E-state index contributed by atoms with van der Waals surface area (Å²) in [5, 5.41) is 9.05. The van der Waals surface area contributed by atoms with Crippen LogP contribution < -0.4 is 10.3 Å². The van der Waals surface area contributed by atoms with Crippen molar-refractivity contribution >= 4 is 11.6 Å². The highest BCUT2D eigenvalue weighted by Crippen LogP contribution is 2.30. The predicted octanol–water partition coefficient (Wildman–Crippen LogP) is 4.62. The third kappa shape index (κ3) is 5.11. The minimum atomic E-state index is -2.94. The van der Waals surface area contributed by atoms with Gasteiger partial charge >= 0.3 is 0 Å².